The molecule has 1 heterocycles. The molecule has 2 amide bonds. The summed E-state index contributed by atoms with van der Waals surface area (Å²) in [5.41, 5.74) is 1.96. The summed E-state index contributed by atoms with van der Waals surface area (Å²) in [5.74, 6) is -0.224. The Morgan fingerprint density at radius 3 is 2.48 bits per heavy atom. The van der Waals surface area contributed by atoms with Gasteiger partial charge >= 0.3 is 6.03 Å². The van der Waals surface area contributed by atoms with Gasteiger partial charge in [-0.25, -0.2) is 9.18 Å². The summed E-state index contributed by atoms with van der Waals surface area (Å²) in [4.78, 5) is 16.5. The lowest BCUT2D eigenvalue weighted by molar-refractivity contribution is 0.173. The molecule has 3 rings (SSSR count). The van der Waals surface area contributed by atoms with E-state index in [4.69, 9.17) is 16.3 Å². The van der Waals surface area contributed by atoms with Crippen LogP contribution in [-0.2, 0) is 13.1 Å². The number of carbonyl (C=O) groups excluding carboxylic acids is 1. The summed E-state index contributed by atoms with van der Waals surface area (Å²) < 4.78 is 18.8. The molecule has 2 aromatic rings. The smallest absolute Gasteiger partial charge is 0.317 e. The van der Waals surface area contributed by atoms with Crippen LogP contribution >= 0.6 is 11.6 Å². The van der Waals surface area contributed by atoms with E-state index in [-0.39, 0.29) is 17.8 Å². The van der Waals surface area contributed by atoms with Gasteiger partial charge < -0.3 is 15.0 Å². The number of nitrogens with one attached hydrogen (secondary N) is 1. The van der Waals surface area contributed by atoms with Gasteiger partial charge in [-0.3, -0.25) is 4.90 Å². The van der Waals surface area contributed by atoms with Gasteiger partial charge in [0.2, 0.25) is 0 Å². The van der Waals surface area contributed by atoms with E-state index < -0.39 is 5.82 Å². The summed E-state index contributed by atoms with van der Waals surface area (Å²) >= 11 is 5.94. The third-order valence-electron chi connectivity index (χ3n) is 5.22. The van der Waals surface area contributed by atoms with E-state index in [0.29, 0.717) is 6.54 Å². The highest BCUT2D eigenvalue weighted by Crippen LogP contribution is 2.19. The molecule has 0 atom stereocenters. The first-order chi connectivity index (χ1) is 13.9. The lowest BCUT2D eigenvalue weighted by Crippen LogP contribution is -2.48. The maximum absolute atomic E-state index is 13.8. The standard InChI is InChI=1S/C22H27ClFN3O2/c1-26(14-17-5-8-21(29-2)20(24)13-17)22(28)25-19-9-11-27(12-10-19)15-16-3-6-18(23)7-4-16/h3-8,13,19H,9-12,14-15H2,1-2H3,(H,25,28). The topological polar surface area (TPSA) is 44.8 Å². The number of urea groups is 1. The minimum absolute atomic E-state index is 0.141. The zero-order chi connectivity index (χ0) is 20.8. The second kappa shape index (κ2) is 9.94. The van der Waals surface area contributed by atoms with E-state index in [0.717, 1.165) is 43.1 Å². The molecule has 29 heavy (non-hydrogen) atoms. The Morgan fingerprint density at radius 2 is 1.86 bits per heavy atom. The number of benzene rings is 2. The van der Waals surface area contributed by atoms with Crippen molar-refractivity contribution in [3.8, 4) is 5.75 Å². The minimum atomic E-state index is -0.424. The summed E-state index contributed by atoms with van der Waals surface area (Å²) in [5, 5.41) is 3.84. The number of ether oxygens (including phenoxy) is 1. The molecular weight excluding hydrogens is 393 g/mol. The fraction of sp³-hybridized carbons (Fsp3) is 0.409. The van der Waals surface area contributed by atoms with Gasteiger partial charge in [-0.05, 0) is 48.2 Å². The van der Waals surface area contributed by atoms with Gasteiger partial charge in [0.25, 0.3) is 0 Å². The number of rotatable bonds is 6. The van der Waals surface area contributed by atoms with Crippen molar-refractivity contribution in [2.45, 2.75) is 32.0 Å². The van der Waals surface area contributed by atoms with Crippen LogP contribution in [0.25, 0.3) is 0 Å². The first kappa shape index (κ1) is 21.4. The molecule has 0 saturated carbocycles. The number of hydrogen-bond donors (Lipinski definition) is 1. The molecule has 5 nitrogen and oxygen atoms in total. The van der Waals surface area contributed by atoms with E-state index in [1.54, 1.807) is 24.1 Å². The SMILES string of the molecule is COc1ccc(CN(C)C(=O)NC2CCN(Cc3ccc(Cl)cc3)CC2)cc1F. The third-order valence-corrected chi connectivity index (χ3v) is 5.47. The lowest BCUT2D eigenvalue weighted by Gasteiger charge is -2.33. The number of hydrogen-bond acceptors (Lipinski definition) is 3. The molecule has 0 unspecified atom stereocenters. The maximum atomic E-state index is 13.8. The maximum Gasteiger partial charge on any atom is 0.317 e. The normalized spacial score (nSPS) is 15.2. The van der Waals surface area contributed by atoms with Crippen LogP contribution in [0.4, 0.5) is 9.18 Å². The van der Waals surface area contributed by atoms with Crippen LogP contribution in [0.5, 0.6) is 5.75 Å². The lowest BCUT2D eigenvalue weighted by atomic mass is 10.0. The molecule has 0 bridgehead atoms. The van der Waals surface area contributed by atoms with Crippen LogP contribution in [0.3, 0.4) is 0 Å². The highest BCUT2D eigenvalue weighted by atomic mass is 35.5. The Hall–Kier alpha value is -2.31. The number of carbonyl (C=O) groups is 1. The van der Waals surface area contributed by atoms with E-state index in [2.05, 4.69) is 10.2 Å². The summed E-state index contributed by atoms with van der Waals surface area (Å²) in [6.07, 6.45) is 1.81. The van der Waals surface area contributed by atoms with Gasteiger partial charge in [0.15, 0.2) is 11.6 Å². The average Bonchev–Trinajstić information content (AvgIpc) is 2.71. The molecule has 7 heteroatoms. The van der Waals surface area contributed by atoms with Crippen LogP contribution in [0.2, 0.25) is 5.02 Å². The fourth-order valence-corrected chi connectivity index (χ4v) is 3.65. The summed E-state index contributed by atoms with van der Waals surface area (Å²) in [6, 6.07) is 12.7. The molecule has 0 spiro atoms. The average molecular weight is 420 g/mol. The molecule has 1 aliphatic heterocycles. The Bertz CT molecular complexity index is 823. The number of piperidine rings is 1. The van der Waals surface area contributed by atoms with Crippen LogP contribution in [-0.4, -0.2) is 49.1 Å². The summed E-state index contributed by atoms with van der Waals surface area (Å²) in [7, 11) is 3.14. The number of amides is 2. The van der Waals surface area contributed by atoms with E-state index in [1.807, 2.05) is 24.3 Å². The largest absolute Gasteiger partial charge is 0.494 e. The van der Waals surface area contributed by atoms with Gasteiger partial charge in [-0.2, -0.15) is 0 Å². The Kier molecular flexibility index (Phi) is 7.34. The number of likely N-dealkylation sites (tertiary alicyclic amines) is 1. The number of halogens is 2. The van der Waals surface area contributed by atoms with Crippen LogP contribution in [0.15, 0.2) is 42.5 Å². The molecule has 1 N–H and O–H groups in total. The first-order valence-electron chi connectivity index (χ1n) is 9.75. The number of nitrogens with zero attached hydrogens (tertiary/aromatic N) is 2. The van der Waals surface area contributed by atoms with Gasteiger partial charge in [-0.15, -0.1) is 0 Å². The Labute approximate surface area is 176 Å². The van der Waals surface area contributed by atoms with Crippen molar-refractivity contribution in [1.82, 2.24) is 15.1 Å². The second-order valence-corrected chi connectivity index (χ2v) is 7.89. The van der Waals surface area contributed by atoms with Crippen molar-refractivity contribution < 1.29 is 13.9 Å². The molecule has 0 radical (unpaired) electrons. The van der Waals surface area contributed by atoms with Crippen molar-refractivity contribution in [3.05, 3.63) is 64.4 Å². The van der Waals surface area contributed by atoms with E-state index >= 15 is 0 Å². The zero-order valence-electron chi connectivity index (χ0n) is 16.8. The predicted octanol–water partition coefficient (Wildman–Crippen LogP) is 4.29. The summed E-state index contributed by atoms with van der Waals surface area (Å²) in [6.45, 7) is 3.09. The quantitative estimate of drug-likeness (QED) is 0.759. The monoisotopic (exact) mass is 419 g/mol. The van der Waals surface area contributed by atoms with Crippen molar-refractivity contribution >= 4 is 17.6 Å². The minimum Gasteiger partial charge on any atom is -0.494 e. The third kappa shape index (κ3) is 6.08. The van der Waals surface area contributed by atoms with E-state index in [9.17, 15) is 9.18 Å². The van der Waals surface area contributed by atoms with Gasteiger partial charge in [0.1, 0.15) is 0 Å². The van der Waals surface area contributed by atoms with E-state index in [1.165, 1.54) is 18.7 Å². The predicted molar refractivity (Wildman–Crippen MR) is 113 cm³/mol. The Balaban J connectivity index is 1.44. The van der Waals surface area contributed by atoms with Crippen molar-refractivity contribution in [2.75, 3.05) is 27.2 Å². The molecule has 2 aromatic carbocycles. The number of methoxy groups -OCH3 is 1. The molecule has 156 valence electrons. The molecule has 0 aliphatic carbocycles. The molecule has 0 aromatic heterocycles. The van der Waals surface area contributed by atoms with Crippen LogP contribution in [0.1, 0.15) is 24.0 Å². The molecule has 1 aliphatic rings. The van der Waals surface area contributed by atoms with Gasteiger partial charge in [0.05, 0.1) is 7.11 Å². The van der Waals surface area contributed by atoms with Crippen molar-refractivity contribution in [3.63, 3.8) is 0 Å². The zero-order valence-corrected chi connectivity index (χ0v) is 17.6. The second-order valence-electron chi connectivity index (χ2n) is 7.45. The molecular formula is C22H27ClFN3O2. The van der Waals surface area contributed by atoms with Crippen molar-refractivity contribution in [1.29, 1.82) is 0 Å². The highest BCUT2D eigenvalue weighted by Gasteiger charge is 2.22. The van der Waals surface area contributed by atoms with Gasteiger partial charge in [0, 0.05) is 44.3 Å². The first-order valence-corrected chi connectivity index (χ1v) is 10.1. The van der Waals surface area contributed by atoms with Crippen molar-refractivity contribution in [2.24, 2.45) is 0 Å². The Morgan fingerprint density at radius 1 is 1.21 bits per heavy atom. The molecule has 1 saturated heterocycles. The van der Waals surface area contributed by atoms with Crippen LogP contribution in [0, 0.1) is 5.82 Å². The molecule has 1 fully saturated rings. The fourth-order valence-electron chi connectivity index (χ4n) is 3.52. The van der Waals surface area contributed by atoms with Crippen LogP contribution < -0.4 is 10.1 Å². The van der Waals surface area contributed by atoms with Gasteiger partial charge in [-0.1, -0.05) is 29.8 Å². The highest BCUT2D eigenvalue weighted by molar-refractivity contribution is 6.30.